The number of nitrogens with zero attached hydrogens (tertiary/aromatic N) is 1. The van der Waals surface area contributed by atoms with E-state index in [2.05, 4.69) is 4.74 Å². The van der Waals surface area contributed by atoms with Gasteiger partial charge in [-0.05, 0) is 37.5 Å². The number of nitrogen functional groups attached to an aromatic ring is 1. The number of ether oxygens (including phenoxy) is 1. The molecule has 1 aliphatic heterocycles. The number of likely N-dealkylation sites (tertiary alicyclic amines) is 1. The van der Waals surface area contributed by atoms with E-state index in [0.717, 1.165) is 25.3 Å². The average Bonchev–Trinajstić information content (AvgIpc) is 2.47. The van der Waals surface area contributed by atoms with Crippen LogP contribution < -0.4 is 5.73 Å². The molecule has 0 radical (unpaired) electrons. The molecule has 1 aromatic carbocycles. The molecule has 1 atom stereocenters. The summed E-state index contributed by atoms with van der Waals surface area (Å²) in [7, 11) is 1.32. The first-order chi connectivity index (χ1) is 10.0. The maximum atomic E-state index is 13.9. The number of esters is 1. The molecule has 0 bridgehead atoms. The van der Waals surface area contributed by atoms with Crippen molar-refractivity contribution < 1.29 is 18.7 Å². The Labute approximate surface area is 122 Å². The van der Waals surface area contributed by atoms with Crippen LogP contribution in [-0.4, -0.2) is 36.5 Å². The molecule has 1 fully saturated rings. The molecule has 1 aliphatic rings. The van der Waals surface area contributed by atoms with Crippen LogP contribution in [0.2, 0.25) is 0 Å². The number of amides is 1. The highest BCUT2D eigenvalue weighted by molar-refractivity contribution is 5.95. The number of benzene rings is 1. The quantitative estimate of drug-likeness (QED) is 0.683. The maximum Gasteiger partial charge on any atom is 0.307 e. The minimum absolute atomic E-state index is 0.0130. The summed E-state index contributed by atoms with van der Waals surface area (Å²) in [6.45, 7) is 0.518. The molecule has 1 heterocycles. The number of anilines is 1. The van der Waals surface area contributed by atoms with Crippen molar-refractivity contribution in [3.05, 3.63) is 29.6 Å². The SMILES string of the molecule is COC(=O)CC1CCCCN1C(=O)c1ccc(N)cc1F. The number of piperidine rings is 1. The summed E-state index contributed by atoms with van der Waals surface area (Å²) in [6.07, 6.45) is 2.64. The summed E-state index contributed by atoms with van der Waals surface area (Å²) in [5.74, 6) is -1.40. The Morgan fingerprint density at radius 3 is 2.86 bits per heavy atom. The molecule has 0 spiro atoms. The second-order valence-corrected chi connectivity index (χ2v) is 5.17. The highest BCUT2D eigenvalue weighted by Gasteiger charge is 2.30. The Morgan fingerprint density at radius 2 is 2.19 bits per heavy atom. The number of rotatable bonds is 3. The fourth-order valence-corrected chi connectivity index (χ4v) is 2.62. The zero-order valence-corrected chi connectivity index (χ0v) is 12.0. The van der Waals surface area contributed by atoms with E-state index in [0.29, 0.717) is 6.54 Å². The summed E-state index contributed by atoms with van der Waals surface area (Å²) < 4.78 is 18.6. The Morgan fingerprint density at radius 1 is 1.43 bits per heavy atom. The van der Waals surface area contributed by atoms with Crippen LogP contribution >= 0.6 is 0 Å². The van der Waals surface area contributed by atoms with Crippen LogP contribution in [0.1, 0.15) is 36.0 Å². The van der Waals surface area contributed by atoms with Crippen molar-refractivity contribution in [3.63, 3.8) is 0 Å². The highest BCUT2D eigenvalue weighted by Crippen LogP contribution is 2.24. The topological polar surface area (TPSA) is 72.6 Å². The monoisotopic (exact) mass is 294 g/mol. The highest BCUT2D eigenvalue weighted by atomic mass is 19.1. The lowest BCUT2D eigenvalue weighted by Crippen LogP contribution is -2.45. The Hall–Kier alpha value is -2.11. The van der Waals surface area contributed by atoms with E-state index >= 15 is 0 Å². The van der Waals surface area contributed by atoms with Gasteiger partial charge >= 0.3 is 5.97 Å². The second-order valence-electron chi connectivity index (χ2n) is 5.17. The third-order valence-corrected chi connectivity index (χ3v) is 3.74. The van der Waals surface area contributed by atoms with E-state index < -0.39 is 11.7 Å². The van der Waals surface area contributed by atoms with Gasteiger partial charge in [-0.2, -0.15) is 0 Å². The van der Waals surface area contributed by atoms with Crippen molar-refractivity contribution in [3.8, 4) is 0 Å². The zero-order valence-electron chi connectivity index (χ0n) is 12.0. The number of hydrogen-bond acceptors (Lipinski definition) is 4. The lowest BCUT2D eigenvalue weighted by Gasteiger charge is -2.35. The van der Waals surface area contributed by atoms with Crippen LogP contribution in [0.25, 0.3) is 0 Å². The predicted molar refractivity (Wildman–Crippen MR) is 76.1 cm³/mol. The average molecular weight is 294 g/mol. The van der Waals surface area contributed by atoms with Crippen molar-refractivity contribution in [1.29, 1.82) is 0 Å². The molecule has 114 valence electrons. The molecule has 1 saturated heterocycles. The van der Waals surface area contributed by atoms with E-state index in [1.54, 1.807) is 4.90 Å². The van der Waals surface area contributed by atoms with Gasteiger partial charge in [-0.15, -0.1) is 0 Å². The van der Waals surface area contributed by atoms with Crippen LogP contribution in [0.5, 0.6) is 0 Å². The maximum absolute atomic E-state index is 13.9. The summed E-state index contributed by atoms with van der Waals surface area (Å²) in [6, 6.07) is 3.77. The van der Waals surface area contributed by atoms with Crippen molar-refractivity contribution in [2.75, 3.05) is 19.4 Å². The van der Waals surface area contributed by atoms with Crippen molar-refractivity contribution in [2.24, 2.45) is 0 Å². The fourth-order valence-electron chi connectivity index (χ4n) is 2.62. The van der Waals surface area contributed by atoms with Gasteiger partial charge in [0, 0.05) is 18.3 Å². The Balaban J connectivity index is 2.20. The Kier molecular flexibility index (Phi) is 4.77. The Bertz CT molecular complexity index is 548. The number of carbonyl (C=O) groups excluding carboxylic acids is 2. The van der Waals surface area contributed by atoms with Gasteiger partial charge in [0.25, 0.3) is 5.91 Å². The molecule has 0 saturated carbocycles. The normalized spacial score (nSPS) is 18.4. The lowest BCUT2D eigenvalue weighted by molar-refractivity contribution is -0.142. The van der Waals surface area contributed by atoms with Crippen LogP contribution in [-0.2, 0) is 9.53 Å². The molecule has 2 rings (SSSR count). The first-order valence-corrected chi connectivity index (χ1v) is 6.95. The van der Waals surface area contributed by atoms with Gasteiger partial charge in [0.15, 0.2) is 0 Å². The molecule has 0 aliphatic carbocycles. The molecule has 1 aromatic rings. The number of halogens is 1. The van der Waals surface area contributed by atoms with E-state index in [1.165, 1.54) is 19.2 Å². The van der Waals surface area contributed by atoms with E-state index in [9.17, 15) is 14.0 Å². The van der Waals surface area contributed by atoms with E-state index in [-0.39, 0.29) is 29.7 Å². The van der Waals surface area contributed by atoms with Crippen LogP contribution in [0.15, 0.2) is 18.2 Å². The standard InChI is InChI=1S/C15H19FN2O3/c1-21-14(19)9-11-4-2-3-7-18(11)15(20)12-6-5-10(17)8-13(12)16/h5-6,8,11H,2-4,7,9,17H2,1H3. The molecular formula is C15H19FN2O3. The smallest absolute Gasteiger partial charge is 0.307 e. The summed E-state index contributed by atoms with van der Waals surface area (Å²) in [4.78, 5) is 25.5. The van der Waals surface area contributed by atoms with Crippen LogP contribution in [0.3, 0.4) is 0 Å². The van der Waals surface area contributed by atoms with Crippen LogP contribution in [0, 0.1) is 5.82 Å². The van der Waals surface area contributed by atoms with Gasteiger partial charge in [-0.25, -0.2) is 4.39 Å². The third kappa shape index (κ3) is 3.51. The number of carbonyl (C=O) groups is 2. The van der Waals surface area contributed by atoms with E-state index in [1.807, 2.05) is 0 Å². The van der Waals surface area contributed by atoms with Crippen LogP contribution in [0.4, 0.5) is 10.1 Å². The molecule has 2 N–H and O–H groups in total. The van der Waals surface area contributed by atoms with Gasteiger partial charge < -0.3 is 15.4 Å². The number of hydrogen-bond donors (Lipinski definition) is 1. The van der Waals surface area contributed by atoms with Gasteiger partial charge in [-0.3, -0.25) is 9.59 Å². The van der Waals surface area contributed by atoms with Gasteiger partial charge in [0.2, 0.25) is 0 Å². The molecular weight excluding hydrogens is 275 g/mol. The summed E-state index contributed by atoms with van der Waals surface area (Å²) >= 11 is 0. The lowest BCUT2D eigenvalue weighted by atomic mass is 9.98. The minimum Gasteiger partial charge on any atom is -0.469 e. The van der Waals surface area contributed by atoms with Gasteiger partial charge in [-0.1, -0.05) is 0 Å². The van der Waals surface area contributed by atoms with Gasteiger partial charge in [0.05, 0.1) is 19.1 Å². The molecule has 0 aromatic heterocycles. The fraction of sp³-hybridized carbons (Fsp3) is 0.467. The predicted octanol–water partition coefficient (Wildman–Crippen LogP) is 1.97. The van der Waals surface area contributed by atoms with Crippen molar-refractivity contribution in [1.82, 2.24) is 4.90 Å². The molecule has 21 heavy (non-hydrogen) atoms. The third-order valence-electron chi connectivity index (χ3n) is 3.74. The minimum atomic E-state index is -0.637. The van der Waals surface area contributed by atoms with Gasteiger partial charge in [0.1, 0.15) is 5.82 Å². The summed E-state index contributed by atoms with van der Waals surface area (Å²) in [5.41, 5.74) is 5.75. The van der Waals surface area contributed by atoms with E-state index in [4.69, 9.17) is 5.73 Å². The first-order valence-electron chi connectivity index (χ1n) is 6.95. The number of nitrogens with two attached hydrogens (primary N) is 1. The molecule has 1 unspecified atom stereocenters. The first kappa shape index (κ1) is 15.3. The zero-order chi connectivity index (χ0) is 15.4. The molecule has 6 heteroatoms. The van der Waals surface area contributed by atoms with Crippen molar-refractivity contribution in [2.45, 2.75) is 31.7 Å². The molecule has 1 amide bonds. The number of methoxy groups -OCH3 is 1. The summed E-state index contributed by atoms with van der Waals surface area (Å²) in [5, 5.41) is 0. The second kappa shape index (κ2) is 6.56. The largest absolute Gasteiger partial charge is 0.469 e. The van der Waals surface area contributed by atoms with Crippen molar-refractivity contribution >= 4 is 17.6 Å². The molecule has 5 nitrogen and oxygen atoms in total.